The van der Waals surface area contributed by atoms with Gasteiger partial charge in [-0.3, -0.25) is 0 Å². The molecule has 1 aliphatic heterocycles. The lowest BCUT2D eigenvalue weighted by atomic mass is 9.95. The summed E-state index contributed by atoms with van der Waals surface area (Å²) in [5, 5.41) is 3.31. The van der Waals surface area contributed by atoms with E-state index < -0.39 is 0 Å². The van der Waals surface area contributed by atoms with Crippen LogP contribution in [-0.4, -0.2) is 51.7 Å². The number of rotatable bonds is 4. The molecule has 0 radical (unpaired) electrons. The summed E-state index contributed by atoms with van der Waals surface area (Å²) in [6, 6.07) is 0. The van der Waals surface area contributed by atoms with Crippen molar-refractivity contribution < 1.29 is 14.2 Å². The molecule has 0 spiro atoms. The Morgan fingerprint density at radius 1 is 1.31 bits per heavy atom. The van der Waals surface area contributed by atoms with Crippen LogP contribution in [0.15, 0.2) is 0 Å². The van der Waals surface area contributed by atoms with E-state index in [1.807, 2.05) is 0 Å². The van der Waals surface area contributed by atoms with E-state index >= 15 is 0 Å². The summed E-state index contributed by atoms with van der Waals surface area (Å²) < 4.78 is 16.9. The molecule has 0 aromatic carbocycles. The van der Waals surface area contributed by atoms with Crippen molar-refractivity contribution in [3.8, 4) is 0 Å². The third-order valence-electron chi connectivity index (χ3n) is 3.43. The van der Waals surface area contributed by atoms with Crippen molar-refractivity contribution in [2.24, 2.45) is 0 Å². The second-order valence-electron chi connectivity index (χ2n) is 4.68. The second-order valence-corrected chi connectivity index (χ2v) is 4.68. The molecule has 1 saturated carbocycles. The van der Waals surface area contributed by atoms with Gasteiger partial charge in [0.1, 0.15) is 0 Å². The maximum absolute atomic E-state index is 5.91. The van der Waals surface area contributed by atoms with Crippen LogP contribution in [0.4, 0.5) is 0 Å². The molecule has 1 aliphatic carbocycles. The molecular formula is C12H23NO3. The summed E-state index contributed by atoms with van der Waals surface area (Å²) in [6.45, 7) is 3.40. The van der Waals surface area contributed by atoms with Crippen molar-refractivity contribution in [3.63, 3.8) is 0 Å². The molecule has 4 nitrogen and oxygen atoms in total. The van der Waals surface area contributed by atoms with Crippen LogP contribution in [0.3, 0.4) is 0 Å². The fraction of sp³-hybridized carbons (Fsp3) is 1.00. The van der Waals surface area contributed by atoms with Crippen LogP contribution < -0.4 is 5.32 Å². The number of hydrogen-bond donors (Lipinski definition) is 1. The van der Waals surface area contributed by atoms with Crippen LogP contribution in [0, 0.1) is 0 Å². The molecule has 0 aromatic heterocycles. The Hall–Kier alpha value is -0.160. The molecule has 1 heterocycles. The van der Waals surface area contributed by atoms with Gasteiger partial charge in [-0.15, -0.1) is 0 Å². The summed E-state index contributed by atoms with van der Waals surface area (Å²) in [6.07, 6.45) is 5.59. The van der Waals surface area contributed by atoms with Crippen LogP contribution in [0.5, 0.6) is 0 Å². The van der Waals surface area contributed by atoms with Crippen LogP contribution >= 0.6 is 0 Å². The zero-order chi connectivity index (χ0) is 11.2. The van der Waals surface area contributed by atoms with Crippen molar-refractivity contribution in [2.45, 2.75) is 44.0 Å². The third kappa shape index (κ3) is 3.70. The number of nitrogens with one attached hydrogen (secondary N) is 1. The highest BCUT2D eigenvalue weighted by Gasteiger charge is 2.23. The van der Waals surface area contributed by atoms with Gasteiger partial charge in [0.15, 0.2) is 0 Å². The van der Waals surface area contributed by atoms with Gasteiger partial charge in [0.25, 0.3) is 0 Å². The highest BCUT2D eigenvalue weighted by Crippen LogP contribution is 2.23. The predicted molar refractivity (Wildman–Crippen MR) is 61.6 cm³/mol. The van der Waals surface area contributed by atoms with Gasteiger partial charge in [-0.2, -0.15) is 0 Å². The molecule has 4 heteroatoms. The molecule has 0 amide bonds. The molecule has 0 aromatic rings. The first-order valence-electron chi connectivity index (χ1n) is 6.35. The van der Waals surface area contributed by atoms with E-state index in [4.69, 9.17) is 14.2 Å². The SMILES string of the molecule is CO[C@@H]1CCC[C@H](OC[C@@H]2CNCCO2)C1. The summed E-state index contributed by atoms with van der Waals surface area (Å²) >= 11 is 0. The Morgan fingerprint density at radius 2 is 2.19 bits per heavy atom. The molecule has 16 heavy (non-hydrogen) atoms. The molecule has 0 bridgehead atoms. The first kappa shape index (κ1) is 12.3. The third-order valence-corrected chi connectivity index (χ3v) is 3.43. The Kier molecular flexibility index (Phi) is 5.03. The Bertz CT molecular complexity index is 195. The van der Waals surface area contributed by atoms with Gasteiger partial charge in [-0.05, 0) is 25.7 Å². The second kappa shape index (κ2) is 6.55. The average Bonchev–Trinajstić information content (AvgIpc) is 2.38. The van der Waals surface area contributed by atoms with E-state index in [-0.39, 0.29) is 6.10 Å². The van der Waals surface area contributed by atoms with Crippen LogP contribution in [0.2, 0.25) is 0 Å². The fourth-order valence-electron chi connectivity index (χ4n) is 2.44. The highest BCUT2D eigenvalue weighted by atomic mass is 16.5. The molecule has 0 unspecified atom stereocenters. The van der Waals surface area contributed by atoms with Gasteiger partial charge >= 0.3 is 0 Å². The van der Waals surface area contributed by atoms with E-state index in [1.54, 1.807) is 7.11 Å². The van der Waals surface area contributed by atoms with E-state index in [9.17, 15) is 0 Å². The normalized spacial score (nSPS) is 36.2. The topological polar surface area (TPSA) is 39.7 Å². The van der Waals surface area contributed by atoms with Crippen LogP contribution in [0.1, 0.15) is 25.7 Å². The Morgan fingerprint density at radius 3 is 2.94 bits per heavy atom. The zero-order valence-electron chi connectivity index (χ0n) is 10.1. The largest absolute Gasteiger partial charge is 0.381 e. The lowest BCUT2D eigenvalue weighted by molar-refractivity contribution is -0.0802. The minimum absolute atomic E-state index is 0.233. The number of morpholine rings is 1. The maximum Gasteiger partial charge on any atom is 0.0933 e. The average molecular weight is 229 g/mol. The zero-order valence-corrected chi connectivity index (χ0v) is 10.1. The van der Waals surface area contributed by atoms with Crippen molar-refractivity contribution in [1.29, 1.82) is 0 Å². The van der Waals surface area contributed by atoms with Gasteiger partial charge < -0.3 is 19.5 Å². The molecule has 2 aliphatic rings. The van der Waals surface area contributed by atoms with E-state index in [0.717, 1.165) is 26.1 Å². The summed E-state index contributed by atoms with van der Waals surface area (Å²) in [4.78, 5) is 0. The number of ether oxygens (including phenoxy) is 3. The molecule has 94 valence electrons. The van der Waals surface area contributed by atoms with Gasteiger partial charge in [0.2, 0.25) is 0 Å². The summed E-state index contributed by atoms with van der Waals surface area (Å²) in [5.74, 6) is 0. The number of hydrogen-bond acceptors (Lipinski definition) is 4. The van der Waals surface area contributed by atoms with Crippen molar-refractivity contribution >= 4 is 0 Å². The van der Waals surface area contributed by atoms with Crippen molar-refractivity contribution in [2.75, 3.05) is 33.4 Å². The quantitative estimate of drug-likeness (QED) is 0.779. The smallest absolute Gasteiger partial charge is 0.0933 e. The highest BCUT2D eigenvalue weighted by molar-refractivity contribution is 4.75. The lowest BCUT2D eigenvalue weighted by Crippen LogP contribution is -2.42. The van der Waals surface area contributed by atoms with Crippen LogP contribution in [0.25, 0.3) is 0 Å². The van der Waals surface area contributed by atoms with E-state index in [1.165, 1.54) is 19.3 Å². The van der Waals surface area contributed by atoms with E-state index in [0.29, 0.717) is 18.8 Å². The lowest BCUT2D eigenvalue weighted by Gasteiger charge is -2.30. The van der Waals surface area contributed by atoms with Gasteiger partial charge in [-0.1, -0.05) is 0 Å². The Balaban J connectivity index is 1.64. The molecule has 1 N–H and O–H groups in total. The van der Waals surface area contributed by atoms with Gasteiger partial charge in [0.05, 0.1) is 31.5 Å². The standard InChI is InChI=1S/C12H23NO3/c1-14-10-3-2-4-11(7-10)16-9-12-8-13-5-6-15-12/h10-13H,2-9H2,1H3/t10-,11+,12+/m1/s1. The minimum atomic E-state index is 0.233. The van der Waals surface area contributed by atoms with Gasteiger partial charge in [0, 0.05) is 20.2 Å². The summed E-state index contributed by atoms with van der Waals surface area (Å²) in [7, 11) is 1.79. The van der Waals surface area contributed by atoms with E-state index in [2.05, 4.69) is 5.32 Å². The van der Waals surface area contributed by atoms with Gasteiger partial charge in [-0.25, -0.2) is 0 Å². The van der Waals surface area contributed by atoms with Crippen molar-refractivity contribution in [1.82, 2.24) is 5.32 Å². The van der Waals surface area contributed by atoms with Crippen molar-refractivity contribution in [3.05, 3.63) is 0 Å². The molecule has 2 rings (SSSR count). The first-order valence-corrected chi connectivity index (χ1v) is 6.35. The maximum atomic E-state index is 5.91. The molecule has 2 fully saturated rings. The Labute approximate surface area is 97.6 Å². The predicted octanol–water partition coefficient (Wildman–Crippen LogP) is 0.949. The molecule has 3 atom stereocenters. The number of methoxy groups -OCH3 is 1. The molecule has 1 saturated heterocycles. The fourth-order valence-corrected chi connectivity index (χ4v) is 2.44. The monoisotopic (exact) mass is 229 g/mol. The summed E-state index contributed by atoms with van der Waals surface area (Å²) in [5.41, 5.74) is 0. The van der Waals surface area contributed by atoms with Crippen LogP contribution in [-0.2, 0) is 14.2 Å². The minimum Gasteiger partial charge on any atom is -0.381 e. The first-order chi connectivity index (χ1) is 7.88. The molecular weight excluding hydrogens is 206 g/mol.